The average Bonchev–Trinajstić information content (AvgIpc) is 3.39. The van der Waals surface area contributed by atoms with Crippen molar-refractivity contribution in [1.29, 1.82) is 0 Å². The lowest BCUT2D eigenvalue weighted by Gasteiger charge is -2.17. The number of nitrogens with zero attached hydrogens (tertiary/aromatic N) is 2. The smallest absolute Gasteiger partial charge is 0.222 e. The first-order valence-electron chi connectivity index (χ1n) is 9.75. The second-order valence-electron chi connectivity index (χ2n) is 6.85. The van der Waals surface area contributed by atoms with Gasteiger partial charge in [0.1, 0.15) is 5.76 Å². The van der Waals surface area contributed by atoms with E-state index in [0.29, 0.717) is 13.0 Å². The number of furan rings is 1. The number of guanidine groups is 1. The SMILES string of the molecule is O=C1CCCN1CCCNC(=NCC1CCCO1)NCCc1ccco1. The number of carbonyl (C=O) groups excluding carboxylic acids is 1. The molecule has 0 aliphatic carbocycles. The van der Waals surface area contributed by atoms with Crippen molar-refractivity contribution in [3.63, 3.8) is 0 Å². The molecule has 0 bridgehead atoms. The van der Waals surface area contributed by atoms with Gasteiger partial charge >= 0.3 is 0 Å². The predicted octanol–water partition coefficient (Wildman–Crippen LogP) is 1.55. The number of amides is 1. The van der Waals surface area contributed by atoms with Gasteiger partial charge in [-0.3, -0.25) is 9.79 Å². The third kappa shape index (κ3) is 6.05. The van der Waals surface area contributed by atoms with Crippen molar-refractivity contribution in [3.8, 4) is 0 Å². The standard InChI is InChI=1S/C19H30N4O3/c24-18-7-1-11-23(18)12-4-9-20-19(22-15-17-6-3-14-26-17)21-10-8-16-5-2-13-25-16/h2,5,13,17H,1,3-4,6-12,14-15H2,(H2,20,21,22). The van der Waals surface area contributed by atoms with E-state index in [2.05, 4.69) is 15.6 Å². The van der Waals surface area contributed by atoms with E-state index in [1.54, 1.807) is 6.26 Å². The molecule has 2 N–H and O–H groups in total. The number of ether oxygens (including phenoxy) is 1. The van der Waals surface area contributed by atoms with Crippen LogP contribution in [0.15, 0.2) is 27.8 Å². The maximum atomic E-state index is 11.7. The highest BCUT2D eigenvalue weighted by Crippen LogP contribution is 2.12. The summed E-state index contributed by atoms with van der Waals surface area (Å²) in [5, 5.41) is 6.74. The highest BCUT2D eigenvalue weighted by molar-refractivity contribution is 5.80. The molecule has 2 saturated heterocycles. The number of hydrogen-bond acceptors (Lipinski definition) is 4. The van der Waals surface area contributed by atoms with Crippen molar-refractivity contribution < 1.29 is 13.9 Å². The van der Waals surface area contributed by atoms with E-state index in [0.717, 1.165) is 76.6 Å². The Labute approximate surface area is 155 Å². The third-order valence-electron chi connectivity index (χ3n) is 4.79. The molecule has 0 spiro atoms. The van der Waals surface area contributed by atoms with Gasteiger partial charge in [-0.05, 0) is 37.8 Å². The number of nitrogens with one attached hydrogen (secondary N) is 2. The molecule has 0 radical (unpaired) electrons. The summed E-state index contributed by atoms with van der Waals surface area (Å²) in [6.07, 6.45) is 7.57. The van der Waals surface area contributed by atoms with Gasteiger partial charge in [0.05, 0.1) is 18.9 Å². The van der Waals surface area contributed by atoms with Crippen LogP contribution in [-0.2, 0) is 16.0 Å². The largest absolute Gasteiger partial charge is 0.469 e. The Bertz CT molecular complexity index is 567. The fourth-order valence-corrected chi connectivity index (χ4v) is 3.33. The molecule has 7 heteroatoms. The van der Waals surface area contributed by atoms with E-state index in [-0.39, 0.29) is 12.0 Å². The van der Waals surface area contributed by atoms with E-state index in [1.807, 2.05) is 17.0 Å². The van der Waals surface area contributed by atoms with E-state index in [1.165, 1.54) is 0 Å². The van der Waals surface area contributed by atoms with Crippen molar-refractivity contribution in [2.45, 2.75) is 44.6 Å². The Morgan fingerprint density at radius 3 is 2.96 bits per heavy atom. The van der Waals surface area contributed by atoms with Gasteiger partial charge in [0.25, 0.3) is 0 Å². The second-order valence-corrected chi connectivity index (χ2v) is 6.85. The Kier molecular flexibility index (Phi) is 7.37. The molecule has 144 valence electrons. The van der Waals surface area contributed by atoms with Crippen LogP contribution in [0.2, 0.25) is 0 Å². The second kappa shape index (κ2) is 10.2. The van der Waals surface area contributed by atoms with Crippen molar-refractivity contribution in [3.05, 3.63) is 24.2 Å². The Balaban J connectivity index is 1.40. The van der Waals surface area contributed by atoms with Crippen LogP contribution in [0.5, 0.6) is 0 Å². The van der Waals surface area contributed by atoms with Crippen LogP contribution in [0.3, 0.4) is 0 Å². The zero-order valence-corrected chi connectivity index (χ0v) is 15.4. The van der Waals surface area contributed by atoms with Gasteiger partial charge in [-0.1, -0.05) is 0 Å². The zero-order chi connectivity index (χ0) is 18.0. The molecular formula is C19H30N4O3. The monoisotopic (exact) mass is 362 g/mol. The first kappa shape index (κ1) is 18.8. The van der Waals surface area contributed by atoms with Crippen molar-refractivity contribution in [2.24, 2.45) is 4.99 Å². The first-order chi connectivity index (χ1) is 12.8. The molecule has 2 aliphatic heterocycles. The Morgan fingerprint density at radius 2 is 2.23 bits per heavy atom. The summed E-state index contributed by atoms with van der Waals surface area (Å²) in [5.41, 5.74) is 0. The van der Waals surface area contributed by atoms with Crippen LogP contribution in [-0.4, -0.2) is 62.2 Å². The molecule has 26 heavy (non-hydrogen) atoms. The molecule has 3 heterocycles. The predicted molar refractivity (Wildman–Crippen MR) is 100 cm³/mol. The molecule has 7 nitrogen and oxygen atoms in total. The molecule has 1 amide bonds. The van der Waals surface area contributed by atoms with Gasteiger partial charge in [0, 0.05) is 45.6 Å². The van der Waals surface area contributed by atoms with Crippen molar-refractivity contribution in [2.75, 3.05) is 39.3 Å². The van der Waals surface area contributed by atoms with Crippen molar-refractivity contribution >= 4 is 11.9 Å². The van der Waals surface area contributed by atoms with Crippen LogP contribution in [0.4, 0.5) is 0 Å². The summed E-state index contributed by atoms with van der Waals surface area (Å²) < 4.78 is 11.0. The van der Waals surface area contributed by atoms with Crippen LogP contribution in [0.25, 0.3) is 0 Å². The number of aliphatic imine (C=N–C) groups is 1. The highest BCUT2D eigenvalue weighted by atomic mass is 16.5. The van der Waals surface area contributed by atoms with Gasteiger partial charge < -0.3 is 24.7 Å². The van der Waals surface area contributed by atoms with Crippen molar-refractivity contribution in [1.82, 2.24) is 15.5 Å². The van der Waals surface area contributed by atoms with Crippen LogP contribution in [0.1, 0.15) is 37.9 Å². The first-order valence-corrected chi connectivity index (χ1v) is 9.75. The Morgan fingerprint density at radius 1 is 1.31 bits per heavy atom. The maximum Gasteiger partial charge on any atom is 0.222 e. The molecule has 0 saturated carbocycles. The number of rotatable bonds is 9. The molecule has 1 aromatic rings. The fourth-order valence-electron chi connectivity index (χ4n) is 3.33. The van der Waals surface area contributed by atoms with Gasteiger partial charge in [-0.25, -0.2) is 0 Å². The van der Waals surface area contributed by atoms with Crippen LogP contribution < -0.4 is 10.6 Å². The highest BCUT2D eigenvalue weighted by Gasteiger charge is 2.19. The van der Waals surface area contributed by atoms with Crippen LogP contribution in [0, 0.1) is 0 Å². The minimum Gasteiger partial charge on any atom is -0.469 e. The fraction of sp³-hybridized carbons (Fsp3) is 0.684. The molecule has 2 fully saturated rings. The quantitative estimate of drug-likeness (QED) is 0.396. The summed E-state index contributed by atoms with van der Waals surface area (Å²) in [4.78, 5) is 18.3. The van der Waals surface area contributed by atoms with Gasteiger partial charge in [0.15, 0.2) is 5.96 Å². The lowest BCUT2D eigenvalue weighted by Crippen LogP contribution is -2.40. The molecule has 2 aliphatic rings. The molecule has 1 unspecified atom stereocenters. The van der Waals surface area contributed by atoms with E-state index < -0.39 is 0 Å². The molecule has 0 aromatic carbocycles. The topological polar surface area (TPSA) is 79.1 Å². The van der Waals surface area contributed by atoms with E-state index in [4.69, 9.17) is 9.15 Å². The minimum absolute atomic E-state index is 0.237. The Hall–Kier alpha value is -2.02. The summed E-state index contributed by atoms with van der Waals surface area (Å²) in [7, 11) is 0. The summed E-state index contributed by atoms with van der Waals surface area (Å²) >= 11 is 0. The third-order valence-corrected chi connectivity index (χ3v) is 4.79. The molecule has 1 atom stereocenters. The molecule has 1 aromatic heterocycles. The van der Waals surface area contributed by atoms with E-state index in [9.17, 15) is 4.79 Å². The molecular weight excluding hydrogens is 332 g/mol. The minimum atomic E-state index is 0.237. The van der Waals surface area contributed by atoms with Gasteiger partial charge in [-0.2, -0.15) is 0 Å². The summed E-state index contributed by atoms with van der Waals surface area (Å²) in [5.74, 6) is 2.05. The number of carbonyl (C=O) groups is 1. The summed E-state index contributed by atoms with van der Waals surface area (Å²) in [6, 6.07) is 3.88. The number of likely N-dealkylation sites (tertiary alicyclic amines) is 1. The molecule has 3 rings (SSSR count). The van der Waals surface area contributed by atoms with E-state index >= 15 is 0 Å². The summed E-state index contributed by atoms with van der Waals surface area (Å²) in [6.45, 7) is 4.80. The van der Waals surface area contributed by atoms with Gasteiger partial charge in [-0.15, -0.1) is 0 Å². The maximum absolute atomic E-state index is 11.7. The lowest BCUT2D eigenvalue weighted by atomic mass is 10.2. The average molecular weight is 362 g/mol. The van der Waals surface area contributed by atoms with Gasteiger partial charge in [0.2, 0.25) is 5.91 Å². The van der Waals surface area contributed by atoms with Crippen LogP contribution >= 0.6 is 0 Å². The zero-order valence-electron chi connectivity index (χ0n) is 15.4. The normalized spacial score (nSPS) is 20.8. The lowest BCUT2D eigenvalue weighted by molar-refractivity contribution is -0.127. The number of hydrogen-bond donors (Lipinski definition) is 2.